The number of hydrogen-bond donors (Lipinski definition) is 2. The van der Waals surface area contributed by atoms with E-state index in [-0.39, 0.29) is 18.2 Å². The van der Waals surface area contributed by atoms with Crippen LogP contribution in [0.25, 0.3) is 32.8 Å². The van der Waals surface area contributed by atoms with Gasteiger partial charge in [0.25, 0.3) is 0 Å². The number of fused-ring (bicyclic) bond motifs is 4. The second-order valence-corrected chi connectivity index (χ2v) is 9.17. The molecule has 1 aliphatic heterocycles. The van der Waals surface area contributed by atoms with E-state index in [9.17, 15) is 14.7 Å². The van der Waals surface area contributed by atoms with Gasteiger partial charge in [-0.05, 0) is 55.0 Å². The summed E-state index contributed by atoms with van der Waals surface area (Å²) in [6.07, 6.45) is 4.01. The molecule has 3 aromatic heterocycles. The van der Waals surface area contributed by atoms with Gasteiger partial charge in [0.05, 0.1) is 0 Å². The summed E-state index contributed by atoms with van der Waals surface area (Å²) in [5.41, 5.74) is 2.48. The van der Waals surface area contributed by atoms with E-state index in [0.717, 1.165) is 16.2 Å². The lowest BCUT2D eigenvalue weighted by molar-refractivity contribution is -0.138. The minimum atomic E-state index is -0.957. The third kappa shape index (κ3) is 3.88. The summed E-state index contributed by atoms with van der Waals surface area (Å²) in [6, 6.07) is 14.3. The van der Waals surface area contributed by atoms with E-state index >= 15 is 0 Å². The van der Waals surface area contributed by atoms with Crippen LogP contribution in [0, 0.1) is 12.8 Å². The van der Waals surface area contributed by atoms with E-state index in [2.05, 4.69) is 20.3 Å². The smallest absolute Gasteiger partial charge is 0.326 e. The minimum Gasteiger partial charge on any atom is -0.480 e. The molecule has 0 unspecified atom stereocenters. The van der Waals surface area contributed by atoms with Crippen LogP contribution in [0.4, 0.5) is 11.5 Å². The summed E-state index contributed by atoms with van der Waals surface area (Å²) in [6.45, 7) is 2.15. The summed E-state index contributed by atoms with van der Waals surface area (Å²) < 4.78 is 6.07. The molecule has 2 N–H and O–H groups in total. The number of carboxylic acids is 1. The lowest BCUT2D eigenvalue weighted by Gasteiger charge is -2.22. The third-order valence-electron chi connectivity index (χ3n) is 6.66. The van der Waals surface area contributed by atoms with Gasteiger partial charge in [-0.3, -0.25) is 9.78 Å². The lowest BCUT2D eigenvalue weighted by atomic mass is 10.0. The number of aromatic nitrogens is 3. The first-order valence-corrected chi connectivity index (χ1v) is 11.8. The normalized spacial score (nSPS) is 17.8. The Labute approximate surface area is 205 Å². The van der Waals surface area contributed by atoms with Gasteiger partial charge in [0.2, 0.25) is 5.91 Å². The number of aliphatic carboxylic acids is 1. The van der Waals surface area contributed by atoms with E-state index in [1.807, 2.05) is 48.5 Å². The molecule has 1 saturated heterocycles. The number of furan rings is 1. The maximum Gasteiger partial charge on any atom is 0.326 e. The van der Waals surface area contributed by atoms with Gasteiger partial charge >= 0.3 is 5.97 Å². The number of nitrogens with one attached hydrogen (secondary N) is 1. The third-order valence-corrected chi connectivity index (χ3v) is 6.66. The van der Waals surface area contributed by atoms with Crippen molar-refractivity contribution in [2.24, 2.45) is 5.92 Å². The summed E-state index contributed by atoms with van der Waals surface area (Å²) in [4.78, 5) is 40.1. The highest BCUT2D eigenvalue weighted by Crippen LogP contribution is 2.37. The molecule has 0 spiro atoms. The summed E-state index contributed by atoms with van der Waals surface area (Å²) >= 11 is 0. The van der Waals surface area contributed by atoms with Crippen LogP contribution in [-0.2, 0) is 9.59 Å². The Morgan fingerprint density at radius 1 is 1.14 bits per heavy atom. The molecule has 9 heteroatoms. The predicted molar refractivity (Wildman–Crippen MR) is 136 cm³/mol. The number of carbonyl (C=O) groups excluding carboxylic acids is 1. The van der Waals surface area contributed by atoms with Gasteiger partial charge in [-0.15, -0.1) is 0 Å². The largest absolute Gasteiger partial charge is 0.480 e. The number of hydrogen-bond acceptors (Lipinski definition) is 7. The number of benzene rings is 2. The van der Waals surface area contributed by atoms with Crippen molar-refractivity contribution < 1.29 is 19.1 Å². The molecule has 36 heavy (non-hydrogen) atoms. The molecule has 1 amide bonds. The molecule has 0 saturated carbocycles. The Balaban J connectivity index is 1.26. The molecule has 6 rings (SSSR count). The van der Waals surface area contributed by atoms with Crippen molar-refractivity contribution in [2.45, 2.75) is 25.8 Å². The highest BCUT2D eigenvalue weighted by Gasteiger charge is 2.40. The first kappa shape index (κ1) is 22.0. The molecular formula is C27H23N5O4. The van der Waals surface area contributed by atoms with Crippen molar-refractivity contribution in [2.75, 3.05) is 16.8 Å². The minimum absolute atomic E-state index is 0.160. The van der Waals surface area contributed by atoms with Gasteiger partial charge in [0.15, 0.2) is 11.4 Å². The number of para-hydroxylation sites is 1. The molecule has 2 atom stereocenters. The average molecular weight is 482 g/mol. The van der Waals surface area contributed by atoms with Crippen LogP contribution in [0.2, 0.25) is 0 Å². The van der Waals surface area contributed by atoms with Gasteiger partial charge in [-0.1, -0.05) is 18.2 Å². The van der Waals surface area contributed by atoms with Crippen LogP contribution in [0.15, 0.2) is 65.3 Å². The Morgan fingerprint density at radius 2 is 2.00 bits per heavy atom. The highest BCUT2D eigenvalue weighted by molar-refractivity contribution is 6.06. The van der Waals surface area contributed by atoms with Gasteiger partial charge in [-0.2, -0.15) is 0 Å². The number of amides is 1. The van der Waals surface area contributed by atoms with E-state index in [1.54, 1.807) is 24.2 Å². The molecule has 1 fully saturated rings. The Morgan fingerprint density at radius 3 is 2.86 bits per heavy atom. The zero-order chi connectivity index (χ0) is 24.8. The maximum absolute atomic E-state index is 12.9. The van der Waals surface area contributed by atoms with Crippen molar-refractivity contribution in [3.63, 3.8) is 0 Å². The monoisotopic (exact) mass is 481 g/mol. The predicted octanol–water partition coefficient (Wildman–Crippen LogP) is 4.54. The van der Waals surface area contributed by atoms with Crippen LogP contribution in [-0.4, -0.2) is 44.5 Å². The molecule has 0 radical (unpaired) electrons. The topological polar surface area (TPSA) is 121 Å². The lowest BCUT2D eigenvalue weighted by Crippen LogP contribution is -2.36. The van der Waals surface area contributed by atoms with Crippen LogP contribution in [0.1, 0.15) is 18.7 Å². The van der Waals surface area contributed by atoms with E-state index in [0.29, 0.717) is 47.0 Å². The van der Waals surface area contributed by atoms with Crippen molar-refractivity contribution in [1.82, 2.24) is 15.0 Å². The number of anilines is 2. The van der Waals surface area contributed by atoms with Gasteiger partial charge in [0, 0.05) is 41.8 Å². The molecule has 180 valence electrons. The zero-order valence-electron chi connectivity index (χ0n) is 19.5. The number of nitrogens with zero attached hydrogens (tertiary/aromatic N) is 4. The van der Waals surface area contributed by atoms with Gasteiger partial charge in [-0.25, -0.2) is 14.8 Å². The van der Waals surface area contributed by atoms with Crippen LogP contribution < -0.4 is 10.2 Å². The number of carboxylic acid groups (broad SMARTS) is 1. The Hall–Kier alpha value is -4.53. The van der Waals surface area contributed by atoms with E-state index in [4.69, 9.17) is 4.42 Å². The van der Waals surface area contributed by atoms with Crippen molar-refractivity contribution in [3.8, 4) is 0 Å². The maximum atomic E-state index is 12.9. The fourth-order valence-electron chi connectivity index (χ4n) is 5.05. The fourth-order valence-corrected chi connectivity index (χ4v) is 5.05. The molecule has 2 aromatic carbocycles. The fraction of sp³-hybridized carbons (Fsp3) is 0.222. The molecule has 1 aliphatic rings. The first-order valence-electron chi connectivity index (χ1n) is 11.8. The van der Waals surface area contributed by atoms with E-state index in [1.165, 1.54) is 0 Å². The molecule has 0 bridgehead atoms. The first-order chi connectivity index (χ1) is 17.5. The van der Waals surface area contributed by atoms with Crippen LogP contribution in [0.5, 0.6) is 0 Å². The SMILES string of the molecule is Cc1nc(N2C[C@@H](CC(=O)Nc3ccc4cnccc4c3)C[C@H]2C(=O)O)c2oc3ccccc3c2n1. The average Bonchev–Trinajstić information content (AvgIpc) is 3.45. The van der Waals surface area contributed by atoms with Gasteiger partial charge < -0.3 is 19.7 Å². The summed E-state index contributed by atoms with van der Waals surface area (Å²) in [5, 5.41) is 15.8. The number of pyridine rings is 1. The molecule has 5 aromatic rings. The Bertz CT molecular complexity index is 1650. The number of aryl methyl sites for hydroxylation is 1. The van der Waals surface area contributed by atoms with Crippen LogP contribution >= 0.6 is 0 Å². The summed E-state index contributed by atoms with van der Waals surface area (Å²) in [7, 11) is 0. The van der Waals surface area contributed by atoms with Crippen molar-refractivity contribution >= 4 is 56.2 Å². The highest BCUT2D eigenvalue weighted by atomic mass is 16.4. The van der Waals surface area contributed by atoms with Gasteiger partial charge in [0.1, 0.15) is 23.0 Å². The van der Waals surface area contributed by atoms with Crippen molar-refractivity contribution in [1.29, 1.82) is 0 Å². The summed E-state index contributed by atoms with van der Waals surface area (Å²) in [5.74, 6) is -0.299. The van der Waals surface area contributed by atoms with E-state index < -0.39 is 12.0 Å². The van der Waals surface area contributed by atoms with Crippen LogP contribution in [0.3, 0.4) is 0 Å². The second-order valence-electron chi connectivity index (χ2n) is 9.17. The molecule has 0 aliphatic carbocycles. The zero-order valence-corrected chi connectivity index (χ0v) is 19.5. The quantitative estimate of drug-likeness (QED) is 0.375. The standard InChI is InChI=1S/C27H23N5O4/c1-15-29-24-20-4-2-3-5-22(20)36-25(24)26(30-15)32-14-16(10-21(32)27(34)35)11-23(33)31-19-7-6-18-13-28-9-8-17(18)12-19/h2-9,12-13,16,21H,10-11,14H2,1H3,(H,31,33)(H,34,35)/t16-,21+/m1/s1. The second kappa shape index (κ2) is 8.60. The van der Waals surface area contributed by atoms with Crippen molar-refractivity contribution in [3.05, 3.63) is 66.7 Å². The Kier molecular flexibility index (Phi) is 5.25. The number of rotatable bonds is 5. The molecular weight excluding hydrogens is 458 g/mol. The molecule has 4 heterocycles. The molecule has 9 nitrogen and oxygen atoms in total. The number of carbonyl (C=O) groups is 2.